The van der Waals surface area contributed by atoms with Crippen LogP contribution in [0.1, 0.15) is 36.6 Å². The molecule has 0 bridgehead atoms. The van der Waals surface area contributed by atoms with Crippen LogP contribution in [-0.4, -0.2) is 18.8 Å². The fourth-order valence-corrected chi connectivity index (χ4v) is 4.34. The molecule has 1 heterocycles. The molecule has 0 radical (unpaired) electrons. The molecule has 0 amide bonds. The zero-order valence-electron chi connectivity index (χ0n) is 18.7. The molecular formula is C26H26BrF2NO3. The molecule has 0 saturated carbocycles. The molecule has 0 aliphatic carbocycles. The first-order valence-electron chi connectivity index (χ1n) is 10.7. The lowest BCUT2D eigenvalue weighted by Gasteiger charge is -2.44. The summed E-state index contributed by atoms with van der Waals surface area (Å²) in [6, 6.07) is 17.1. The maximum atomic E-state index is 14.3. The van der Waals surface area contributed by atoms with Gasteiger partial charge in [0.25, 0.3) is 0 Å². The van der Waals surface area contributed by atoms with E-state index in [1.54, 1.807) is 31.4 Å². The Bertz CT molecular complexity index is 1120. The van der Waals surface area contributed by atoms with Crippen LogP contribution in [0, 0.1) is 11.6 Å². The summed E-state index contributed by atoms with van der Waals surface area (Å²) in [6.07, 6.45) is -0.875. The van der Waals surface area contributed by atoms with Crippen molar-refractivity contribution in [2.24, 2.45) is 0 Å². The van der Waals surface area contributed by atoms with Crippen molar-refractivity contribution in [3.8, 4) is 5.75 Å². The van der Waals surface area contributed by atoms with Crippen LogP contribution in [-0.2, 0) is 22.6 Å². The molecule has 0 saturated heterocycles. The van der Waals surface area contributed by atoms with E-state index >= 15 is 0 Å². The summed E-state index contributed by atoms with van der Waals surface area (Å²) in [4.78, 5) is 0. The minimum atomic E-state index is -0.692. The molecule has 7 heteroatoms. The van der Waals surface area contributed by atoms with Gasteiger partial charge in [0, 0.05) is 34.9 Å². The van der Waals surface area contributed by atoms with Gasteiger partial charge in [0.1, 0.15) is 35.2 Å². The van der Waals surface area contributed by atoms with Crippen molar-refractivity contribution in [2.75, 3.05) is 12.4 Å². The molecule has 1 aliphatic rings. The Kier molecular flexibility index (Phi) is 7.02. The maximum absolute atomic E-state index is 14.3. The first kappa shape index (κ1) is 23.7. The third-order valence-corrected chi connectivity index (χ3v) is 6.24. The Morgan fingerprint density at radius 2 is 1.79 bits per heavy atom. The fraction of sp³-hybridized carbons (Fsp3) is 0.308. The second-order valence-corrected chi connectivity index (χ2v) is 9.48. The van der Waals surface area contributed by atoms with Gasteiger partial charge in [-0.3, -0.25) is 0 Å². The Balaban J connectivity index is 1.54. The van der Waals surface area contributed by atoms with Gasteiger partial charge in [0.2, 0.25) is 0 Å². The Labute approximate surface area is 201 Å². The van der Waals surface area contributed by atoms with E-state index in [0.29, 0.717) is 22.3 Å². The van der Waals surface area contributed by atoms with Gasteiger partial charge < -0.3 is 19.5 Å². The number of methoxy groups -OCH3 is 1. The van der Waals surface area contributed by atoms with Crippen LogP contribution < -0.4 is 10.1 Å². The van der Waals surface area contributed by atoms with Crippen LogP contribution >= 0.6 is 15.9 Å². The number of rotatable bonds is 7. The van der Waals surface area contributed by atoms with Crippen molar-refractivity contribution in [1.29, 1.82) is 0 Å². The number of anilines is 1. The largest absolute Gasteiger partial charge is 0.485 e. The third kappa shape index (κ3) is 5.37. The monoisotopic (exact) mass is 517 g/mol. The lowest BCUT2D eigenvalue weighted by Crippen LogP contribution is -2.50. The molecule has 4 nitrogen and oxygen atoms in total. The highest BCUT2D eigenvalue weighted by Crippen LogP contribution is 2.44. The van der Waals surface area contributed by atoms with Crippen LogP contribution in [0.15, 0.2) is 65.1 Å². The first-order valence-corrected chi connectivity index (χ1v) is 11.5. The number of fused-ring (bicyclic) bond motifs is 1. The summed E-state index contributed by atoms with van der Waals surface area (Å²) >= 11 is 3.27. The summed E-state index contributed by atoms with van der Waals surface area (Å²) in [5, 5.41) is 3.35. The molecule has 3 aromatic rings. The van der Waals surface area contributed by atoms with Gasteiger partial charge in [0.15, 0.2) is 0 Å². The van der Waals surface area contributed by atoms with E-state index in [9.17, 15) is 8.78 Å². The SMILES string of the molecule is COC1c2cc(NCc3ccc(F)cc3)ccc2OC(C)(C)C1OCc1ccc(Br)cc1F. The lowest BCUT2D eigenvalue weighted by molar-refractivity contribution is -0.159. The van der Waals surface area contributed by atoms with E-state index in [0.717, 1.165) is 16.8 Å². The molecular weight excluding hydrogens is 492 g/mol. The predicted octanol–water partition coefficient (Wildman–Crippen LogP) is 6.78. The van der Waals surface area contributed by atoms with Crippen LogP contribution in [0.4, 0.5) is 14.5 Å². The molecule has 1 N–H and O–H groups in total. The molecule has 2 unspecified atom stereocenters. The minimum absolute atomic E-state index is 0.0915. The summed E-state index contributed by atoms with van der Waals surface area (Å²) in [7, 11) is 1.63. The minimum Gasteiger partial charge on any atom is -0.485 e. The van der Waals surface area contributed by atoms with E-state index in [1.807, 2.05) is 32.0 Å². The number of halogens is 3. The smallest absolute Gasteiger partial charge is 0.132 e. The van der Waals surface area contributed by atoms with Gasteiger partial charge in [-0.1, -0.05) is 34.1 Å². The number of hydrogen-bond donors (Lipinski definition) is 1. The number of nitrogens with one attached hydrogen (secondary N) is 1. The van der Waals surface area contributed by atoms with E-state index < -0.39 is 17.8 Å². The zero-order chi connectivity index (χ0) is 23.6. The van der Waals surface area contributed by atoms with E-state index in [2.05, 4.69) is 21.2 Å². The third-order valence-electron chi connectivity index (χ3n) is 5.75. The summed E-state index contributed by atoms with van der Waals surface area (Å²) in [5.74, 6) is 0.124. The fourth-order valence-electron chi connectivity index (χ4n) is 4.01. The van der Waals surface area contributed by atoms with Crippen molar-refractivity contribution in [3.63, 3.8) is 0 Å². The van der Waals surface area contributed by atoms with Crippen molar-refractivity contribution in [3.05, 3.63) is 93.5 Å². The van der Waals surface area contributed by atoms with Crippen molar-refractivity contribution in [1.82, 2.24) is 0 Å². The Morgan fingerprint density at radius 1 is 1.03 bits per heavy atom. The van der Waals surface area contributed by atoms with Gasteiger partial charge in [-0.05, 0) is 61.9 Å². The van der Waals surface area contributed by atoms with Crippen LogP contribution in [0.2, 0.25) is 0 Å². The van der Waals surface area contributed by atoms with Crippen molar-refractivity contribution < 1.29 is 23.0 Å². The average molecular weight is 518 g/mol. The number of benzene rings is 3. The normalized spacial score (nSPS) is 19.0. The van der Waals surface area contributed by atoms with Gasteiger partial charge in [-0.25, -0.2) is 8.78 Å². The Morgan fingerprint density at radius 3 is 2.48 bits per heavy atom. The Hall–Kier alpha value is -2.48. The van der Waals surface area contributed by atoms with Crippen molar-refractivity contribution >= 4 is 21.6 Å². The van der Waals surface area contributed by atoms with Gasteiger partial charge in [-0.15, -0.1) is 0 Å². The first-order chi connectivity index (χ1) is 15.8. The van der Waals surface area contributed by atoms with E-state index in [-0.39, 0.29) is 18.2 Å². The topological polar surface area (TPSA) is 39.7 Å². The number of ether oxygens (including phenoxy) is 3. The number of hydrogen-bond acceptors (Lipinski definition) is 4. The highest BCUT2D eigenvalue weighted by molar-refractivity contribution is 9.10. The predicted molar refractivity (Wildman–Crippen MR) is 127 cm³/mol. The van der Waals surface area contributed by atoms with E-state index in [1.165, 1.54) is 18.2 Å². The molecule has 2 atom stereocenters. The standard InChI is InChI=1S/C26H26BrF2NO3/c1-26(2)25(32-15-17-6-7-18(27)12-22(17)29)24(31-3)21-13-20(10-11-23(21)33-26)30-14-16-4-8-19(28)9-5-16/h4-13,24-25,30H,14-15H2,1-3H3. The molecule has 1 aliphatic heterocycles. The second-order valence-electron chi connectivity index (χ2n) is 8.56. The highest BCUT2D eigenvalue weighted by Gasteiger charge is 2.45. The molecule has 33 heavy (non-hydrogen) atoms. The molecule has 4 rings (SSSR count). The van der Waals surface area contributed by atoms with Gasteiger partial charge >= 0.3 is 0 Å². The van der Waals surface area contributed by atoms with Crippen LogP contribution in [0.5, 0.6) is 5.75 Å². The molecule has 0 fully saturated rings. The van der Waals surface area contributed by atoms with Crippen LogP contribution in [0.3, 0.4) is 0 Å². The molecule has 0 spiro atoms. The van der Waals surface area contributed by atoms with Gasteiger partial charge in [-0.2, -0.15) is 0 Å². The zero-order valence-corrected chi connectivity index (χ0v) is 20.3. The molecule has 0 aromatic heterocycles. The average Bonchev–Trinajstić information content (AvgIpc) is 2.77. The summed E-state index contributed by atoms with van der Waals surface area (Å²) in [5.41, 5.74) is 2.46. The molecule has 174 valence electrons. The summed E-state index contributed by atoms with van der Waals surface area (Å²) < 4.78 is 46.4. The second kappa shape index (κ2) is 9.79. The quantitative estimate of drug-likeness (QED) is 0.374. The van der Waals surface area contributed by atoms with Crippen molar-refractivity contribution in [2.45, 2.75) is 44.8 Å². The summed E-state index contributed by atoms with van der Waals surface area (Å²) in [6.45, 7) is 4.51. The maximum Gasteiger partial charge on any atom is 0.132 e. The van der Waals surface area contributed by atoms with Gasteiger partial charge in [0.05, 0.1) is 6.61 Å². The van der Waals surface area contributed by atoms with Crippen LogP contribution in [0.25, 0.3) is 0 Å². The molecule has 3 aromatic carbocycles. The highest BCUT2D eigenvalue weighted by atomic mass is 79.9. The van der Waals surface area contributed by atoms with E-state index in [4.69, 9.17) is 14.2 Å². The lowest BCUT2D eigenvalue weighted by atomic mass is 9.88.